The third-order valence-corrected chi connectivity index (χ3v) is 3.89. The number of morpholine rings is 1. The standard InChI is InChI=1S/C13H19N5O5/c19-5-10-11(20)9(6-23-10)18-8-15-12(16-13(18)21)14-7-17-1-3-22-4-2-17/h7-11,19-20H,1-6H2/t9-,10-,11+/m1/s1. The third-order valence-electron chi connectivity index (χ3n) is 3.89. The van der Waals surface area contributed by atoms with Crippen molar-refractivity contribution in [3.63, 3.8) is 0 Å². The number of ether oxygens (including phenoxy) is 2. The summed E-state index contributed by atoms with van der Waals surface area (Å²) in [7, 11) is 0. The minimum absolute atomic E-state index is 0.0601. The average molecular weight is 325 g/mol. The molecule has 0 amide bonds. The van der Waals surface area contributed by atoms with Crippen LogP contribution in [0.5, 0.6) is 0 Å². The topological polar surface area (TPSA) is 122 Å². The first-order chi connectivity index (χ1) is 11.2. The summed E-state index contributed by atoms with van der Waals surface area (Å²) in [6.45, 7) is 2.55. The molecular formula is C13H19N5O5. The van der Waals surface area contributed by atoms with E-state index in [4.69, 9.17) is 14.6 Å². The highest BCUT2D eigenvalue weighted by atomic mass is 16.5. The summed E-state index contributed by atoms with van der Waals surface area (Å²) in [6, 6.07) is -0.614. The second-order valence-electron chi connectivity index (χ2n) is 5.35. The van der Waals surface area contributed by atoms with E-state index >= 15 is 0 Å². The molecule has 0 aliphatic carbocycles. The Hall–Kier alpha value is -1.88. The van der Waals surface area contributed by atoms with E-state index < -0.39 is 23.9 Å². The maximum absolute atomic E-state index is 12.1. The summed E-state index contributed by atoms with van der Waals surface area (Å²) < 4.78 is 11.7. The van der Waals surface area contributed by atoms with Gasteiger partial charge in [0.15, 0.2) is 0 Å². The Morgan fingerprint density at radius 3 is 2.87 bits per heavy atom. The first kappa shape index (κ1) is 16.0. The number of aromatic nitrogens is 3. The summed E-state index contributed by atoms with van der Waals surface area (Å²) >= 11 is 0. The van der Waals surface area contributed by atoms with Crippen LogP contribution in [0, 0.1) is 0 Å². The van der Waals surface area contributed by atoms with Gasteiger partial charge in [-0.05, 0) is 0 Å². The van der Waals surface area contributed by atoms with Gasteiger partial charge in [-0.2, -0.15) is 4.98 Å². The predicted molar refractivity (Wildman–Crippen MR) is 78.7 cm³/mol. The van der Waals surface area contributed by atoms with Gasteiger partial charge in [-0.15, -0.1) is 0 Å². The van der Waals surface area contributed by atoms with Gasteiger partial charge in [0.25, 0.3) is 5.95 Å². The van der Waals surface area contributed by atoms with E-state index in [2.05, 4.69) is 15.0 Å². The Labute approximate surface area is 132 Å². The molecule has 2 saturated heterocycles. The molecule has 0 spiro atoms. The molecule has 3 rings (SSSR count). The van der Waals surface area contributed by atoms with Crippen LogP contribution in [0.3, 0.4) is 0 Å². The van der Waals surface area contributed by atoms with E-state index in [0.29, 0.717) is 13.2 Å². The second kappa shape index (κ2) is 7.13. The summed E-state index contributed by atoms with van der Waals surface area (Å²) in [5.41, 5.74) is -0.569. The van der Waals surface area contributed by atoms with Crippen molar-refractivity contribution >= 4 is 12.3 Å². The van der Waals surface area contributed by atoms with Crippen LogP contribution in [-0.4, -0.2) is 87.7 Å². The predicted octanol–water partition coefficient (Wildman–Crippen LogP) is -2.08. The lowest BCUT2D eigenvalue weighted by atomic mass is 10.1. The maximum atomic E-state index is 12.1. The molecule has 126 valence electrons. The molecule has 23 heavy (non-hydrogen) atoms. The van der Waals surface area contributed by atoms with E-state index in [0.717, 1.165) is 13.1 Å². The SMILES string of the molecule is O=c1nc(N=CN2CCOCC2)ncn1[C@@H]1CO[C@H](CO)[C@H]1O. The zero-order chi connectivity index (χ0) is 16.2. The van der Waals surface area contributed by atoms with E-state index in [1.807, 2.05) is 4.90 Å². The molecule has 3 heterocycles. The van der Waals surface area contributed by atoms with E-state index in [1.165, 1.54) is 10.9 Å². The van der Waals surface area contributed by atoms with E-state index in [-0.39, 0.29) is 19.2 Å². The second-order valence-corrected chi connectivity index (χ2v) is 5.35. The van der Waals surface area contributed by atoms with Gasteiger partial charge >= 0.3 is 5.69 Å². The van der Waals surface area contributed by atoms with Gasteiger partial charge in [-0.1, -0.05) is 0 Å². The van der Waals surface area contributed by atoms with Crippen LogP contribution in [0.1, 0.15) is 6.04 Å². The van der Waals surface area contributed by atoms with Crippen LogP contribution in [-0.2, 0) is 9.47 Å². The minimum atomic E-state index is -0.982. The molecule has 1 aromatic rings. The molecule has 2 N–H and O–H groups in total. The molecule has 1 aromatic heterocycles. The monoisotopic (exact) mass is 325 g/mol. The Morgan fingerprint density at radius 1 is 1.43 bits per heavy atom. The highest BCUT2D eigenvalue weighted by Crippen LogP contribution is 2.23. The highest BCUT2D eigenvalue weighted by Gasteiger charge is 2.37. The van der Waals surface area contributed by atoms with Crippen molar-refractivity contribution in [1.29, 1.82) is 0 Å². The number of hydrogen-bond acceptors (Lipinski definition) is 8. The van der Waals surface area contributed by atoms with Crippen LogP contribution in [0.15, 0.2) is 16.1 Å². The van der Waals surface area contributed by atoms with E-state index in [9.17, 15) is 9.90 Å². The molecule has 3 atom stereocenters. The van der Waals surface area contributed by atoms with Gasteiger partial charge in [0.2, 0.25) is 0 Å². The van der Waals surface area contributed by atoms with Crippen molar-refractivity contribution in [1.82, 2.24) is 19.4 Å². The number of nitrogens with zero attached hydrogens (tertiary/aromatic N) is 5. The first-order valence-electron chi connectivity index (χ1n) is 7.40. The molecule has 10 nitrogen and oxygen atoms in total. The van der Waals surface area contributed by atoms with Crippen molar-refractivity contribution in [2.45, 2.75) is 18.2 Å². The molecule has 0 aromatic carbocycles. The van der Waals surface area contributed by atoms with Gasteiger partial charge in [0.1, 0.15) is 18.5 Å². The highest BCUT2D eigenvalue weighted by molar-refractivity contribution is 5.58. The molecule has 2 fully saturated rings. The summed E-state index contributed by atoms with van der Waals surface area (Å²) in [4.78, 5) is 26.0. The normalized spacial score (nSPS) is 28.6. The zero-order valence-corrected chi connectivity index (χ0v) is 12.5. The molecule has 0 unspecified atom stereocenters. The average Bonchev–Trinajstić information content (AvgIpc) is 2.94. The minimum Gasteiger partial charge on any atom is -0.394 e. The molecule has 10 heteroatoms. The number of hydrogen-bond donors (Lipinski definition) is 2. The Kier molecular flexibility index (Phi) is 4.96. The lowest BCUT2D eigenvalue weighted by Gasteiger charge is -2.23. The molecule has 2 aliphatic heterocycles. The quantitative estimate of drug-likeness (QED) is 0.478. The van der Waals surface area contributed by atoms with Crippen molar-refractivity contribution in [2.75, 3.05) is 39.5 Å². The Balaban J connectivity index is 1.71. The van der Waals surface area contributed by atoms with Crippen LogP contribution in [0.25, 0.3) is 0 Å². The van der Waals surface area contributed by atoms with Crippen LogP contribution in [0.4, 0.5) is 5.95 Å². The van der Waals surface area contributed by atoms with Gasteiger partial charge in [0, 0.05) is 13.1 Å². The smallest absolute Gasteiger partial charge is 0.352 e. The van der Waals surface area contributed by atoms with Crippen molar-refractivity contribution < 1.29 is 19.7 Å². The third kappa shape index (κ3) is 3.55. The molecule has 0 saturated carbocycles. The van der Waals surface area contributed by atoms with Crippen LogP contribution in [0.2, 0.25) is 0 Å². The Morgan fingerprint density at radius 2 is 2.22 bits per heavy atom. The van der Waals surface area contributed by atoms with Crippen molar-refractivity contribution in [2.24, 2.45) is 4.99 Å². The zero-order valence-electron chi connectivity index (χ0n) is 12.5. The maximum Gasteiger partial charge on any atom is 0.352 e. The summed E-state index contributed by atoms with van der Waals surface area (Å²) in [5.74, 6) is 0.0601. The molecule has 0 radical (unpaired) electrons. The van der Waals surface area contributed by atoms with Gasteiger partial charge in [-0.25, -0.2) is 14.8 Å². The van der Waals surface area contributed by atoms with Crippen LogP contribution < -0.4 is 5.69 Å². The molecular weight excluding hydrogens is 306 g/mol. The molecule has 0 bridgehead atoms. The van der Waals surface area contributed by atoms with Gasteiger partial charge < -0.3 is 24.6 Å². The fourth-order valence-electron chi connectivity index (χ4n) is 2.52. The number of aliphatic hydroxyl groups is 2. The largest absolute Gasteiger partial charge is 0.394 e. The first-order valence-corrected chi connectivity index (χ1v) is 7.40. The summed E-state index contributed by atoms with van der Waals surface area (Å²) in [5, 5.41) is 19.1. The van der Waals surface area contributed by atoms with E-state index in [1.54, 1.807) is 6.34 Å². The van der Waals surface area contributed by atoms with Gasteiger partial charge in [0.05, 0.1) is 38.8 Å². The van der Waals surface area contributed by atoms with Crippen LogP contribution >= 0.6 is 0 Å². The number of aliphatic hydroxyl groups excluding tert-OH is 2. The number of aliphatic imine (C=N–C) groups is 1. The Bertz CT molecular complexity index is 615. The van der Waals surface area contributed by atoms with Gasteiger partial charge in [-0.3, -0.25) is 4.57 Å². The molecule has 2 aliphatic rings. The lowest BCUT2D eigenvalue weighted by molar-refractivity contribution is 0.00186. The fraction of sp³-hybridized carbons (Fsp3) is 0.692. The number of rotatable bonds is 4. The fourth-order valence-corrected chi connectivity index (χ4v) is 2.52. The van der Waals surface area contributed by atoms with Crippen molar-refractivity contribution in [3.05, 3.63) is 16.8 Å². The lowest BCUT2D eigenvalue weighted by Crippen LogP contribution is -2.36. The summed E-state index contributed by atoms with van der Waals surface area (Å²) in [6.07, 6.45) is 1.20. The van der Waals surface area contributed by atoms with Crippen molar-refractivity contribution in [3.8, 4) is 0 Å².